The van der Waals surface area contributed by atoms with Gasteiger partial charge < -0.3 is 14.2 Å². The van der Waals surface area contributed by atoms with Crippen LogP contribution in [-0.2, 0) is 9.59 Å². The topological polar surface area (TPSA) is 85.9 Å². The monoisotopic (exact) mass is 400 g/mol. The Morgan fingerprint density at radius 1 is 0.828 bits per heavy atom. The quantitative estimate of drug-likeness (QED) is 0.665. The van der Waals surface area contributed by atoms with Crippen molar-refractivity contribution in [3.63, 3.8) is 0 Å². The molecule has 0 aliphatic heterocycles. The number of hydrogen-bond donors (Lipinski definition) is 2. The zero-order valence-electron chi connectivity index (χ0n) is 17.5. The van der Waals surface area contributed by atoms with Crippen LogP contribution in [0.25, 0.3) is 0 Å². The highest BCUT2D eigenvalue weighted by molar-refractivity contribution is 5.83. The molecule has 2 amide bonds. The summed E-state index contributed by atoms with van der Waals surface area (Å²) in [6, 6.07) is 11.3. The maximum absolute atomic E-state index is 12.0. The van der Waals surface area contributed by atoms with E-state index < -0.39 is 11.8 Å². The first-order valence-corrected chi connectivity index (χ1v) is 9.38. The summed E-state index contributed by atoms with van der Waals surface area (Å²) in [6.07, 6.45) is 0. The van der Waals surface area contributed by atoms with Crippen LogP contribution < -0.4 is 25.1 Å². The number of hydrogen-bond acceptors (Lipinski definition) is 5. The van der Waals surface area contributed by atoms with Gasteiger partial charge in [-0.3, -0.25) is 20.4 Å². The number of aryl methyl sites for hydroxylation is 2. The molecule has 0 aromatic heterocycles. The maximum Gasteiger partial charge on any atom is 0.276 e. The standard InChI is InChI=1S/C22H28N2O5/c1-14(2)17-8-6-15(3)10-19(17)29-13-22(26)24-23-21(25)12-28-18-9-7-16(4)11-20(18)27-5/h6-11,14H,12-13H2,1-5H3,(H,23,25)(H,24,26). The first-order valence-electron chi connectivity index (χ1n) is 9.38. The highest BCUT2D eigenvalue weighted by atomic mass is 16.5. The number of carbonyl (C=O) groups is 2. The minimum Gasteiger partial charge on any atom is -0.493 e. The second-order valence-electron chi connectivity index (χ2n) is 7.02. The molecule has 2 N–H and O–H groups in total. The Kier molecular flexibility index (Phi) is 7.88. The number of hydrazine groups is 1. The van der Waals surface area contributed by atoms with Crippen molar-refractivity contribution >= 4 is 11.8 Å². The fourth-order valence-electron chi connectivity index (χ4n) is 2.64. The van der Waals surface area contributed by atoms with Crippen LogP contribution in [-0.4, -0.2) is 32.1 Å². The molecule has 0 aliphatic rings. The molecule has 7 nitrogen and oxygen atoms in total. The number of ether oxygens (including phenoxy) is 3. The molecule has 0 saturated heterocycles. The highest BCUT2D eigenvalue weighted by Gasteiger charge is 2.12. The van der Waals surface area contributed by atoms with Gasteiger partial charge in [-0.25, -0.2) is 0 Å². The van der Waals surface area contributed by atoms with Gasteiger partial charge in [-0.15, -0.1) is 0 Å². The molecule has 0 spiro atoms. The van der Waals surface area contributed by atoms with Gasteiger partial charge in [-0.2, -0.15) is 0 Å². The normalized spacial score (nSPS) is 10.4. The molecule has 29 heavy (non-hydrogen) atoms. The smallest absolute Gasteiger partial charge is 0.276 e. The van der Waals surface area contributed by atoms with E-state index in [2.05, 4.69) is 24.7 Å². The van der Waals surface area contributed by atoms with Gasteiger partial charge in [0.1, 0.15) is 5.75 Å². The van der Waals surface area contributed by atoms with Crippen LogP contribution in [0.5, 0.6) is 17.2 Å². The lowest BCUT2D eigenvalue weighted by Gasteiger charge is -2.15. The zero-order valence-corrected chi connectivity index (χ0v) is 17.5. The van der Waals surface area contributed by atoms with Crippen molar-refractivity contribution in [1.82, 2.24) is 10.9 Å². The summed E-state index contributed by atoms with van der Waals surface area (Å²) in [5, 5.41) is 0. The van der Waals surface area contributed by atoms with Crippen LogP contribution in [0.3, 0.4) is 0 Å². The molecule has 0 unspecified atom stereocenters. The third kappa shape index (κ3) is 6.71. The van der Waals surface area contributed by atoms with Gasteiger partial charge in [0.15, 0.2) is 24.7 Å². The van der Waals surface area contributed by atoms with Crippen LogP contribution >= 0.6 is 0 Å². The van der Waals surface area contributed by atoms with E-state index in [-0.39, 0.29) is 19.1 Å². The van der Waals surface area contributed by atoms with Gasteiger partial charge in [0, 0.05) is 0 Å². The fourth-order valence-corrected chi connectivity index (χ4v) is 2.64. The lowest BCUT2D eigenvalue weighted by Crippen LogP contribution is -2.45. The molecule has 2 aromatic carbocycles. The average Bonchev–Trinajstić information content (AvgIpc) is 2.69. The average molecular weight is 400 g/mol. The van der Waals surface area contributed by atoms with E-state index in [0.717, 1.165) is 16.7 Å². The number of amides is 2. The molecule has 0 fully saturated rings. The van der Waals surface area contributed by atoms with E-state index in [4.69, 9.17) is 14.2 Å². The van der Waals surface area contributed by atoms with Crippen molar-refractivity contribution in [2.75, 3.05) is 20.3 Å². The van der Waals surface area contributed by atoms with E-state index in [1.54, 1.807) is 6.07 Å². The second kappa shape index (κ2) is 10.4. The Labute approximate surface area is 171 Å². The molecule has 0 saturated carbocycles. The Balaban J connectivity index is 1.79. The minimum absolute atomic E-state index is 0.212. The van der Waals surface area contributed by atoms with Crippen LogP contribution in [0.1, 0.15) is 36.5 Å². The first kappa shape index (κ1) is 22.1. The highest BCUT2D eigenvalue weighted by Crippen LogP contribution is 2.28. The zero-order chi connectivity index (χ0) is 21.4. The van der Waals surface area contributed by atoms with Crippen LogP contribution in [0.4, 0.5) is 0 Å². The van der Waals surface area contributed by atoms with Gasteiger partial charge >= 0.3 is 0 Å². The summed E-state index contributed by atoms with van der Waals surface area (Å²) < 4.78 is 16.3. The SMILES string of the molecule is COc1cc(C)ccc1OCC(=O)NNC(=O)COc1cc(C)ccc1C(C)C. The van der Waals surface area contributed by atoms with Crippen molar-refractivity contribution in [2.45, 2.75) is 33.6 Å². The van der Waals surface area contributed by atoms with Crippen LogP contribution in [0, 0.1) is 13.8 Å². The van der Waals surface area contributed by atoms with Crippen molar-refractivity contribution in [2.24, 2.45) is 0 Å². The van der Waals surface area contributed by atoms with Gasteiger partial charge in [-0.1, -0.05) is 32.0 Å². The Morgan fingerprint density at radius 2 is 1.34 bits per heavy atom. The van der Waals surface area contributed by atoms with Crippen molar-refractivity contribution in [1.29, 1.82) is 0 Å². The van der Waals surface area contributed by atoms with E-state index in [1.165, 1.54) is 7.11 Å². The molecular formula is C22H28N2O5. The van der Waals surface area contributed by atoms with E-state index >= 15 is 0 Å². The van der Waals surface area contributed by atoms with Crippen molar-refractivity contribution < 1.29 is 23.8 Å². The summed E-state index contributed by atoms with van der Waals surface area (Å²) >= 11 is 0. The summed E-state index contributed by atoms with van der Waals surface area (Å²) in [6.45, 7) is 7.52. The van der Waals surface area contributed by atoms with Crippen molar-refractivity contribution in [3.8, 4) is 17.2 Å². The molecule has 0 heterocycles. The lowest BCUT2D eigenvalue weighted by atomic mass is 10.0. The largest absolute Gasteiger partial charge is 0.493 e. The molecular weight excluding hydrogens is 372 g/mol. The van der Waals surface area contributed by atoms with Gasteiger partial charge in [0.25, 0.3) is 11.8 Å². The molecule has 0 radical (unpaired) electrons. The number of methoxy groups -OCH3 is 1. The Morgan fingerprint density at radius 3 is 1.90 bits per heavy atom. The molecule has 0 aliphatic carbocycles. The molecule has 7 heteroatoms. The third-order valence-electron chi connectivity index (χ3n) is 4.17. The molecule has 2 aromatic rings. The Hall–Kier alpha value is -3.22. The molecule has 2 rings (SSSR count). The second-order valence-corrected chi connectivity index (χ2v) is 7.02. The third-order valence-corrected chi connectivity index (χ3v) is 4.17. The number of nitrogens with one attached hydrogen (secondary N) is 2. The predicted molar refractivity (Wildman–Crippen MR) is 110 cm³/mol. The summed E-state index contributed by atoms with van der Waals surface area (Å²) in [4.78, 5) is 23.9. The molecule has 0 bridgehead atoms. The van der Waals surface area contributed by atoms with Crippen LogP contribution in [0.15, 0.2) is 36.4 Å². The Bertz CT molecular complexity index is 864. The maximum atomic E-state index is 12.0. The molecule has 0 atom stereocenters. The number of rotatable bonds is 8. The summed E-state index contributed by atoms with van der Waals surface area (Å²) in [5.41, 5.74) is 7.70. The van der Waals surface area contributed by atoms with E-state index in [9.17, 15) is 9.59 Å². The fraction of sp³-hybridized carbons (Fsp3) is 0.364. The summed E-state index contributed by atoms with van der Waals surface area (Å²) in [7, 11) is 1.53. The van der Waals surface area contributed by atoms with Crippen LogP contribution in [0.2, 0.25) is 0 Å². The predicted octanol–water partition coefficient (Wildman–Crippen LogP) is 3.04. The van der Waals surface area contributed by atoms with Gasteiger partial charge in [0.05, 0.1) is 7.11 Å². The lowest BCUT2D eigenvalue weighted by molar-refractivity contribution is -0.131. The summed E-state index contributed by atoms with van der Waals surface area (Å²) in [5.74, 6) is 0.945. The van der Waals surface area contributed by atoms with Gasteiger partial charge in [0.2, 0.25) is 0 Å². The number of carbonyl (C=O) groups excluding carboxylic acids is 2. The number of benzene rings is 2. The van der Waals surface area contributed by atoms with Gasteiger partial charge in [-0.05, 0) is 54.7 Å². The minimum atomic E-state index is -0.501. The van der Waals surface area contributed by atoms with E-state index in [0.29, 0.717) is 17.2 Å². The van der Waals surface area contributed by atoms with Crippen molar-refractivity contribution in [3.05, 3.63) is 53.1 Å². The first-order chi connectivity index (χ1) is 13.8. The van der Waals surface area contributed by atoms with E-state index in [1.807, 2.05) is 44.2 Å². The molecule has 156 valence electrons.